The molecule has 1 atom stereocenters. The highest BCUT2D eigenvalue weighted by atomic mass is 35.5. The molecule has 0 aliphatic rings. The van der Waals surface area contributed by atoms with Crippen LogP contribution in [0.15, 0.2) is 66.7 Å². The minimum absolute atomic E-state index is 0.447. The van der Waals surface area contributed by atoms with Crippen molar-refractivity contribution in [2.45, 2.75) is 12.5 Å². The van der Waals surface area contributed by atoms with Gasteiger partial charge in [-0.15, -0.1) is 0 Å². The summed E-state index contributed by atoms with van der Waals surface area (Å²) in [5, 5.41) is 12.7. The summed E-state index contributed by atoms with van der Waals surface area (Å²) in [6.45, 7) is 1.99. The number of rotatable bonds is 3. The Kier molecular flexibility index (Phi) is 4.55. The standard InChI is InChI=1S/C20H17Cl2NO/c1-13-6-8-14(9-7-13)20(24,16-4-2-3-5-18(16)22)17-12-15(21)10-11-19(17)23/h2-12,24H,23H2,1H3. The van der Waals surface area contributed by atoms with Gasteiger partial charge in [0.2, 0.25) is 0 Å². The van der Waals surface area contributed by atoms with Crippen LogP contribution in [0.2, 0.25) is 10.0 Å². The Labute approximate surface area is 151 Å². The highest BCUT2D eigenvalue weighted by molar-refractivity contribution is 6.31. The fraction of sp³-hybridized carbons (Fsp3) is 0.100. The molecule has 0 aromatic heterocycles. The first-order valence-electron chi connectivity index (χ1n) is 7.53. The van der Waals surface area contributed by atoms with Crippen LogP contribution in [0.5, 0.6) is 0 Å². The summed E-state index contributed by atoms with van der Waals surface area (Å²) in [6.07, 6.45) is 0. The first-order chi connectivity index (χ1) is 11.4. The molecule has 0 aliphatic heterocycles. The highest BCUT2D eigenvalue weighted by Crippen LogP contribution is 2.43. The average molecular weight is 358 g/mol. The maximum atomic E-state index is 11.8. The van der Waals surface area contributed by atoms with Crippen LogP contribution in [0, 0.1) is 6.92 Å². The molecule has 3 aromatic rings. The van der Waals surface area contributed by atoms with Gasteiger partial charge in [-0.05, 0) is 36.8 Å². The molecule has 0 spiro atoms. The van der Waals surface area contributed by atoms with E-state index in [0.29, 0.717) is 32.4 Å². The molecule has 24 heavy (non-hydrogen) atoms. The number of nitrogens with two attached hydrogens (primary N) is 1. The van der Waals surface area contributed by atoms with Crippen molar-refractivity contribution in [1.29, 1.82) is 0 Å². The zero-order chi connectivity index (χ0) is 17.3. The van der Waals surface area contributed by atoms with E-state index in [1.165, 1.54) is 0 Å². The number of benzene rings is 3. The van der Waals surface area contributed by atoms with E-state index in [2.05, 4.69) is 0 Å². The van der Waals surface area contributed by atoms with Gasteiger partial charge >= 0.3 is 0 Å². The molecule has 122 valence electrons. The number of aliphatic hydroxyl groups is 1. The van der Waals surface area contributed by atoms with E-state index in [-0.39, 0.29) is 0 Å². The van der Waals surface area contributed by atoms with Crippen molar-refractivity contribution < 1.29 is 5.11 Å². The number of hydrogen-bond acceptors (Lipinski definition) is 2. The lowest BCUT2D eigenvalue weighted by molar-refractivity contribution is 0.126. The Hall–Kier alpha value is -2.00. The van der Waals surface area contributed by atoms with Crippen LogP contribution in [0.3, 0.4) is 0 Å². The van der Waals surface area contributed by atoms with E-state index >= 15 is 0 Å². The molecule has 2 nitrogen and oxygen atoms in total. The highest BCUT2D eigenvalue weighted by Gasteiger charge is 2.37. The maximum Gasteiger partial charge on any atom is 0.144 e. The van der Waals surface area contributed by atoms with Gasteiger partial charge in [-0.2, -0.15) is 0 Å². The SMILES string of the molecule is Cc1ccc(C(O)(c2cc(Cl)ccc2N)c2ccccc2Cl)cc1. The zero-order valence-electron chi connectivity index (χ0n) is 13.1. The Morgan fingerprint density at radius 3 is 2.21 bits per heavy atom. The van der Waals surface area contributed by atoms with Gasteiger partial charge in [-0.3, -0.25) is 0 Å². The second kappa shape index (κ2) is 6.48. The summed E-state index contributed by atoms with van der Waals surface area (Å²) in [7, 11) is 0. The van der Waals surface area contributed by atoms with Crippen molar-refractivity contribution in [2.24, 2.45) is 0 Å². The van der Waals surface area contributed by atoms with Gasteiger partial charge in [-0.25, -0.2) is 0 Å². The van der Waals surface area contributed by atoms with Gasteiger partial charge in [0.1, 0.15) is 5.60 Å². The van der Waals surface area contributed by atoms with Crippen molar-refractivity contribution in [3.8, 4) is 0 Å². The predicted molar refractivity (Wildman–Crippen MR) is 101 cm³/mol. The third-order valence-electron chi connectivity index (χ3n) is 4.14. The molecule has 0 bridgehead atoms. The van der Waals surface area contributed by atoms with Gasteiger partial charge < -0.3 is 10.8 Å². The van der Waals surface area contributed by atoms with Crippen LogP contribution in [-0.4, -0.2) is 5.11 Å². The molecule has 0 heterocycles. The van der Waals surface area contributed by atoms with E-state index in [1.54, 1.807) is 30.3 Å². The van der Waals surface area contributed by atoms with Gasteiger partial charge in [0.15, 0.2) is 0 Å². The van der Waals surface area contributed by atoms with E-state index < -0.39 is 5.60 Å². The predicted octanol–water partition coefficient (Wildman–Crippen LogP) is 5.17. The number of hydrogen-bond donors (Lipinski definition) is 2. The molecule has 0 radical (unpaired) electrons. The smallest absolute Gasteiger partial charge is 0.144 e. The third kappa shape index (κ3) is 2.89. The molecule has 0 saturated heterocycles. The van der Waals surface area contributed by atoms with Crippen molar-refractivity contribution in [1.82, 2.24) is 0 Å². The summed E-state index contributed by atoms with van der Waals surface area (Å²) < 4.78 is 0. The van der Waals surface area contributed by atoms with Crippen molar-refractivity contribution in [2.75, 3.05) is 5.73 Å². The minimum Gasteiger partial charge on any atom is -0.398 e. The second-order valence-corrected chi connectivity index (χ2v) is 6.63. The van der Waals surface area contributed by atoms with Crippen LogP contribution in [-0.2, 0) is 5.60 Å². The van der Waals surface area contributed by atoms with Gasteiger partial charge in [-0.1, -0.05) is 71.2 Å². The molecule has 0 amide bonds. The number of nitrogen functional groups attached to an aromatic ring is 1. The average Bonchev–Trinajstić information content (AvgIpc) is 2.57. The summed E-state index contributed by atoms with van der Waals surface area (Å²) in [4.78, 5) is 0. The normalized spacial score (nSPS) is 13.5. The minimum atomic E-state index is -1.50. The monoisotopic (exact) mass is 357 g/mol. The number of anilines is 1. The second-order valence-electron chi connectivity index (χ2n) is 5.79. The fourth-order valence-electron chi connectivity index (χ4n) is 2.85. The molecule has 4 heteroatoms. The Balaban J connectivity index is 2.35. The lowest BCUT2D eigenvalue weighted by atomic mass is 9.79. The van der Waals surface area contributed by atoms with Gasteiger partial charge in [0, 0.05) is 26.9 Å². The van der Waals surface area contributed by atoms with Gasteiger partial charge in [0.25, 0.3) is 0 Å². The quantitative estimate of drug-likeness (QED) is 0.501. The van der Waals surface area contributed by atoms with E-state index in [1.807, 2.05) is 43.3 Å². The molecule has 0 fully saturated rings. The topological polar surface area (TPSA) is 46.2 Å². The van der Waals surface area contributed by atoms with Crippen LogP contribution < -0.4 is 5.73 Å². The summed E-state index contributed by atoms with van der Waals surface area (Å²) in [6, 6.07) is 19.9. The largest absolute Gasteiger partial charge is 0.398 e. The first-order valence-corrected chi connectivity index (χ1v) is 8.28. The summed E-state index contributed by atoms with van der Waals surface area (Å²) in [5.41, 5.74) is 7.95. The maximum absolute atomic E-state index is 11.8. The lowest BCUT2D eigenvalue weighted by Gasteiger charge is -2.32. The Bertz CT molecular complexity index is 877. The third-order valence-corrected chi connectivity index (χ3v) is 4.70. The van der Waals surface area contributed by atoms with Gasteiger partial charge in [0.05, 0.1) is 0 Å². The summed E-state index contributed by atoms with van der Waals surface area (Å²) in [5.74, 6) is 0. The van der Waals surface area contributed by atoms with E-state index in [0.717, 1.165) is 5.56 Å². The molecule has 0 aliphatic carbocycles. The molecule has 1 unspecified atom stereocenters. The Morgan fingerprint density at radius 2 is 1.54 bits per heavy atom. The van der Waals surface area contributed by atoms with Crippen LogP contribution in [0.1, 0.15) is 22.3 Å². The van der Waals surface area contributed by atoms with Crippen LogP contribution >= 0.6 is 23.2 Å². The number of halogens is 2. The molecular formula is C20H17Cl2NO. The van der Waals surface area contributed by atoms with Crippen molar-refractivity contribution in [3.63, 3.8) is 0 Å². The summed E-state index contributed by atoms with van der Waals surface area (Å²) >= 11 is 12.6. The number of aryl methyl sites for hydroxylation is 1. The molecule has 3 rings (SSSR count). The Morgan fingerprint density at radius 1 is 0.875 bits per heavy atom. The van der Waals surface area contributed by atoms with Crippen molar-refractivity contribution >= 4 is 28.9 Å². The molecule has 0 saturated carbocycles. The van der Waals surface area contributed by atoms with E-state index in [9.17, 15) is 5.11 Å². The first kappa shape index (κ1) is 16.8. The lowest BCUT2D eigenvalue weighted by Crippen LogP contribution is -2.30. The van der Waals surface area contributed by atoms with Crippen LogP contribution in [0.25, 0.3) is 0 Å². The van der Waals surface area contributed by atoms with Crippen LogP contribution in [0.4, 0.5) is 5.69 Å². The van der Waals surface area contributed by atoms with E-state index in [4.69, 9.17) is 28.9 Å². The molecule has 3 aromatic carbocycles. The fourth-order valence-corrected chi connectivity index (χ4v) is 3.29. The molecule has 3 N–H and O–H groups in total. The van der Waals surface area contributed by atoms with Crippen molar-refractivity contribution in [3.05, 3.63) is 99.0 Å². The molecular weight excluding hydrogens is 341 g/mol. The zero-order valence-corrected chi connectivity index (χ0v) is 14.6.